The van der Waals surface area contributed by atoms with Gasteiger partial charge in [-0.15, -0.1) is 0 Å². The number of piperidine rings is 1. The molecule has 2 saturated carbocycles. The second-order valence-corrected chi connectivity index (χ2v) is 17.3. The molecule has 0 aromatic heterocycles. The van der Waals surface area contributed by atoms with E-state index >= 15 is 0 Å². The second kappa shape index (κ2) is 15.2. The van der Waals surface area contributed by atoms with E-state index in [4.69, 9.17) is 4.74 Å². The highest BCUT2D eigenvalue weighted by molar-refractivity contribution is 6.38. The van der Waals surface area contributed by atoms with Gasteiger partial charge in [-0.25, -0.2) is 4.79 Å². The van der Waals surface area contributed by atoms with Crippen LogP contribution in [0.25, 0.3) is 0 Å². The summed E-state index contributed by atoms with van der Waals surface area (Å²) in [6, 6.07) is 4.55. The lowest BCUT2D eigenvalue weighted by Crippen LogP contribution is -2.61. The van der Waals surface area contributed by atoms with E-state index in [2.05, 4.69) is 21.3 Å². The molecule has 3 fully saturated rings. The second-order valence-electron chi connectivity index (χ2n) is 17.3. The molecule has 4 rings (SSSR count). The Morgan fingerprint density at radius 1 is 0.923 bits per heavy atom. The third kappa shape index (κ3) is 9.68. The maximum Gasteiger partial charge on any atom is 0.408 e. The van der Waals surface area contributed by atoms with E-state index < -0.39 is 77.2 Å². The summed E-state index contributed by atoms with van der Waals surface area (Å²) in [5, 5.41) is 10.5. The number of nitrogens with one attached hydrogen (secondary N) is 4. The molecule has 0 spiro atoms. The molecule has 2 aliphatic carbocycles. The van der Waals surface area contributed by atoms with Crippen LogP contribution in [0.2, 0.25) is 0 Å². The number of hydrogen-bond donors (Lipinski definition) is 4. The summed E-state index contributed by atoms with van der Waals surface area (Å²) < 4.78 is 5.43. The molecule has 1 heterocycles. The van der Waals surface area contributed by atoms with Gasteiger partial charge in [-0.05, 0) is 61.3 Å². The lowest BCUT2D eigenvalue weighted by molar-refractivity contribution is -0.145. The maximum absolute atomic E-state index is 14.2. The fourth-order valence-electron chi connectivity index (χ4n) is 7.04. The number of amides is 6. The smallest absolute Gasteiger partial charge is 0.408 e. The number of ether oxygens (including phenoxy) is 1. The molecule has 52 heavy (non-hydrogen) atoms. The zero-order valence-corrected chi connectivity index (χ0v) is 32.1. The largest absolute Gasteiger partial charge is 0.444 e. The number of alkyl carbamates (subject to hydrolysis) is 1. The highest BCUT2D eigenvalue weighted by Crippen LogP contribution is 2.65. The molecule has 14 nitrogen and oxygen atoms in total. The first-order valence-electron chi connectivity index (χ1n) is 18.0. The predicted octanol–water partition coefficient (Wildman–Crippen LogP) is 2.32. The fraction of sp³-hybridized carbons (Fsp3) is 0.658. The number of carbonyl (C=O) groups is 7. The molecule has 6 atom stereocenters. The molecule has 1 aromatic rings. The van der Waals surface area contributed by atoms with Gasteiger partial charge >= 0.3 is 6.09 Å². The van der Waals surface area contributed by atoms with Gasteiger partial charge in [0, 0.05) is 20.6 Å². The van der Waals surface area contributed by atoms with Crippen molar-refractivity contribution >= 4 is 41.4 Å². The fourth-order valence-corrected chi connectivity index (χ4v) is 7.04. The number of fused-ring (bicyclic) bond motifs is 1. The van der Waals surface area contributed by atoms with Gasteiger partial charge in [-0.1, -0.05) is 77.8 Å². The lowest BCUT2D eigenvalue weighted by atomic mass is 9.85. The Bertz CT molecular complexity index is 1560. The molecule has 6 amide bonds. The molecule has 2 unspecified atom stereocenters. The van der Waals surface area contributed by atoms with Crippen LogP contribution in [0.4, 0.5) is 4.79 Å². The minimum Gasteiger partial charge on any atom is -0.444 e. The Morgan fingerprint density at radius 3 is 2.08 bits per heavy atom. The number of nitrogens with zero attached hydrogens (tertiary/aromatic N) is 2. The third-order valence-corrected chi connectivity index (χ3v) is 10.2. The molecule has 286 valence electrons. The Labute approximate surface area is 306 Å². The van der Waals surface area contributed by atoms with Gasteiger partial charge < -0.3 is 35.8 Å². The van der Waals surface area contributed by atoms with E-state index in [1.807, 2.05) is 34.6 Å². The summed E-state index contributed by atoms with van der Waals surface area (Å²) >= 11 is 0. The number of Topliss-reactive ketones (excluding diaryl/α,β-unsaturated/α-hetero) is 1. The molecule has 4 N–H and O–H groups in total. The van der Waals surface area contributed by atoms with Gasteiger partial charge in [-0.3, -0.25) is 28.8 Å². The summed E-state index contributed by atoms with van der Waals surface area (Å²) in [7, 11) is 3.13. The van der Waals surface area contributed by atoms with Crippen LogP contribution in [0.3, 0.4) is 0 Å². The molecular weight excluding hydrogens is 668 g/mol. The van der Waals surface area contributed by atoms with Crippen LogP contribution < -0.4 is 21.3 Å². The van der Waals surface area contributed by atoms with Crippen molar-refractivity contribution in [2.45, 2.75) is 104 Å². The lowest BCUT2D eigenvalue weighted by Gasteiger charge is -2.38. The van der Waals surface area contributed by atoms with Crippen LogP contribution in [-0.2, 0) is 33.5 Å². The van der Waals surface area contributed by atoms with Gasteiger partial charge in [0.25, 0.3) is 5.91 Å². The van der Waals surface area contributed by atoms with Crippen molar-refractivity contribution in [1.29, 1.82) is 0 Å². The summed E-state index contributed by atoms with van der Waals surface area (Å²) in [6.45, 7) is 14.4. The van der Waals surface area contributed by atoms with E-state index in [0.29, 0.717) is 12.1 Å². The van der Waals surface area contributed by atoms with Crippen LogP contribution in [0.1, 0.15) is 86.3 Å². The minimum absolute atomic E-state index is 0.0350. The monoisotopic (exact) mass is 724 g/mol. The van der Waals surface area contributed by atoms with E-state index in [1.165, 1.54) is 9.80 Å². The van der Waals surface area contributed by atoms with Gasteiger partial charge in [0.05, 0.1) is 12.6 Å². The predicted molar refractivity (Wildman–Crippen MR) is 192 cm³/mol. The van der Waals surface area contributed by atoms with E-state index in [0.717, 1.165) is 12.8 Å². The Balaban J connectivity index is 1.46. The number of likely N-dealkylation sites (N-methyl/N-ethyl adjacent to an activating group) is 1. The van der Waals surface area contributed by atoms with E-state index in [1.54, 1.807) is 65.2 Å². The normalized spacial score (nSPS) is 22.1. The SMILES string of the molecule is CN(C)C(=O)[C@@H](NC(=O)CNC(=O)C(=O)C(CC1CC1)NC(=O)[C@@H]1[C@@H]2[C@H](CN1C(=O)C(NC(=O)OC(C)(C)C)C(C)(C)C)C2(C)C)c1ccccc1. The molecule has 3 aliphatic rings. The first-order valence-corrected chi connectivity index (χ1v) is 18.0. The summed E-state index contributed by atoms with van der Waals surface area (Å²) in [6.07, 6.45) is 1.18. The quantitative estimate of drug-likeness (QED) is 0.224. The van der Waals surface area contributed by atoms with Crippen molar-refractivity contribution in [2.24, 2.45) is 28.6 Å². The zero-order chi connectivity index (χ0) is 38.9. The average molecular weight is 725 g/mol. The highest BCUT2D eigenvalue weighted by atomic mass is 16.6. The van der Waals surface area contributed by atoms with Gasteiger partial charge in [0.15, 0.2) is 0 Å². The summed E-state index contributed by atoms with van der Waals surface area (Å²) in [5.41, 5.74) is -1.20. The molecule has 1 aromatic carbocycles. The van der Waals surface area contributed by atoms with Gasteiger partial charge in [-0.2, -0.15) is 0 Å². The molecule has 14 heteroatoms. The van der Waals surface area contributed by atoms with Gasteiger partial charge in [0.1, 0.15) is 23.7 Å². The Morgan fingerprint density at radius 2 is 1.54 bits per heavy atom. The topological polar surface area (TPSA) is 183 Å². The number of ketones is 1. The number of rotatable bonds is 13. The van der Waals surface area contributed by atoms with Crippen molar-refractivity contribution in [3.63, 3.8) is 0 Å². The van der Waals surface area contributed by atoms with Gasteiger partial charge in [0.2, 0.25) is 29.4 Å². The summed E-state index contributed by atoms with van der Waals surface area (Å²) in [5.74, 6) is -3.99. The first-order chi connectivity index (χ1) is 24.0. The van der Waals surface area contributed by atoms with Crippen molar-refractivity contribution in [3.8, 4) is 0 Å². The van der Waals surface area contributed by atoms with Crippen molar-refractivity contribution in [1.82, 2.24) is 31.1 Å². The van der Waals surface area contributed by atoms with Crippen LogP contribution in [0, 0.1) is 28.6 Å². The minimum atomic E-state index is -1.17. The van der Waals surface area contributed by atoms with Crippen LogP contribution in [0.15, 0.2) is 30.3 Å². The molecule has 1 saturated heterocycles. The zero-order valence-electron chi connectivity index (χ0n) is 32.1. The molecule has 0 radical (unpaired) electrons. The highest BCUT2D eigenvalue weighted by Gasteiger charge is 2.70. The first kappa shape index (κ1) is 40.3. The Kier molecular flexibility index (Phi) is 11.8. The average Bonchev–Trinajstić information content (AvgIpc) is 3.90. The number of benzene rings is 1. The van der Waals surface area contributed by atoms with Crippen molar-refractivity contribution in [3.05, 3.63) is 35.9 Å². The molecule has 0 bridgehead atoms. The number of carbonyl (C=O) groups excluding carboxylic acids is 7. The third-order valence-electron chi connectivity index (χ3n) is 10.2. The maximum atomic E-state index is 14.2. The summed E-state index contributed by atoms with van der Waals surface area (Å²) in [4.78, 5) is 96.4. The molecule has 1 aliphatic heterocycles. The van der Waals surface area contributed by atoms with E-state index in [-0.39, 0.29) is 35.5 Å². The number of hydrogen-bond acceptors (Lipinski definition) is 8. The van der Waals surface area contributed by atoms with Crippen molar-refractivity contribution < 1.29 is 38.3 Å². The van der Waals surface area contributed by atoms with Crippen molar-refractivity contribution in [2.75, 3.05) is 27.2 Å². The van der Waals surface area contributed by atoms with Crippen LogP contribution in [0.5, 0.6) is 0 Å². The van der Waals surface area contributed by atoms with E-state index in [9.17, 15) is 33.6 Å². The molecular formula is C38H56N6O8. The standard InChI is InChI=1S/C38H56N6O8/c1-36(2,3)30(42-35(51)52-37(4,5)6)34(50)44-20-23-26(38(23,7)8)28(44)31(47)40-24(18-21-16-17-21)29(46)32(48)39-19-25(45)41-27(33(49)43(9)10)22-14-12-11-13-15-22/h11-15,21,23-24,26-28,30H,16-20H2,1-10H3,(H,39,48)(H,40,47)(H,41,45)(H,42,51)/t23-,24?,26-,27-,28-,30?/m0/s1. The van der Waals surface area contributed by atoms with Crippen LogP contribution in [-0.4, -0.2) is 102 Å². The van der Waals surface area contributed by atoms with Crippen LogP contribution >= 0.6 is 0 Å². The Hall–Kier alpha value is -4.49. The number of likely N-dealkylation sites (tertiary alicyclic amines) is 1.